The molecule has 0 atom stereocenters. The van der Waals surface area contributed by atoms with Crippen LogP contribution in [0.2, 0.25) is 5.02 Å². The molecule has 0 saturated carbocycles. The number of benzene rings is 1. The van der Waals surface area contributed by atoms with Crippen LogP contribution in [0.3, 0.4) is 0 Å². The minimum atomic E-state index is 0.0536. The van der Waals surface area contributed by atoms with E-state index in [1.165, 1.54) is 0 Å². The molecule has 2 aliphatic heterocycles. The van der Waals surface area contributed by atoms with Crippen LogP contribution >= 0.6 is 11.6 Å². The Balaban J connectivity index is 1.70. The van der Waals surface area contributed by atoms with Crippen molar-refractivity contribution in [1.29, 1.82) is 0 Å². The second-order valence-electron chi connectivity index (χ2n) is 5.87. The Bertz CT molecular complexity index is 592. The summed E-state index contributed by atoms with van der Waals surface area (Å²) in [6.45, 7) is 4.93. The van der Waals surface area contributed by atoms with E-state index in [4.69, 9.17) is 21.1 Å². The van der Waals surface area contributed by atoms with E-state index in [1.807, 2.05) is 11.0 Å². The van der Waals surface area contributed by atoms with Crippen LogP contribution in [0, 0.1) is 5.92 Å². The quantitative estimate of drug-likeness (QED) is 0.784. The Kier molecular flexibility index (Phi) is 4.57. The minimum Gasteiger partial charge on any atom is -0.486 e. The first kappa shape index (κ1) is 15.2. The predicted molar refractivity (Wildman–Crippen MR) is 86.5 cm³/mol. The van der Waals surface area contributed by atoms with Gasteiger partial charge < -0.3 is 14.4 Å². The third kappa shape index (κ3) is 3.38. The average Bonchev–Trinajstić information content (AvgIpc) is 2.53. The molecule has 1 saturated heterocycles. The van der Waals surface area contributed by atoms with Gasteiger partial charge in [-0.05, 0) is 42.5 Å². The summed E-state index contributed by atoms with van der Waals surface area (Å²) in [6.07, 6.45) is 5.55. The Morgan fingerprint density at radius 3 is 2.77 bits per heavy atom. The van der Waals surface area contributed by atoms with E-state index in [-0.39, 0.29) is 5.91 Å². The molecule has 118 valence electrons. The standard InChI is InChI=1S/C17H20ClNO3/c1-12-4-6-19(7-5-12)16(20)3-2-13-10-14(18)17-15(11-13)21-8-9-22-17/h2-3,10-12H,4-9H2,1H3. The second kappa shape index (κ2) is 6.61. The van der Waals surface area contributed by atoms with Crippen molar-refractivity contribution in [2.75, 3.05) is 26.3 Å². The molecule has 5 heteroatoms. The summed E-state index contributed by atoms with van der Waals surface area (Å²) in [4.78, 5) is 14.1. The Morgan fingerprint density at radius 2 is 2.00 bits per heavy atom. The van der Waals surface area contributed by atoms with Crippen molar-refractivity contribution in [2.45, 2.75) is 19.8 Å². The number of hydrogen-bond acceptors (Lipinski definition) is 3. The van der Waals surface area contributed by atoms with Gasteiger partial charge in [-0.3, -0.25) is 4.79 Å². The number of carbonyl (C=O) groups excluding carboxylic acids is 1. The Morgan fingerprint density at radius 1 is 1.27 bits per heavy atom. The molecule has 4 nitrogen and oxygen atoms in total. The maximum absolute atomic E-state index is 12.2. The van der Waals surface area contributed by atoms with E-state index >= 15 is 0 Å². The monoisotopic (exact) mass is 321 g/mol. The molecule has 1 aromatic rings. The van der Waals surface area contributed by atoms with Crippen molar-refractivity contribution in [1.82, 2.24) is 4.90 Å². The third-order valence-electron chi connectivity index (χ3n) is 4.13. The largest absolute Gasteiger partial charge is 0.486 e. The van der Waals surface area contributed by atoms with Gasteiger partial charge in [0.15, 0.2) is 11.5 Å². The Hall–Kier alpha value is -1.68. The first-order chi connectivity index (χ1) is 10.6. The molecule has 0 N–H and O–H groups in total. The van der Waals surface area contributed by atoms with E-state index in [1.54, 1.807) is 18.2 Å². The van der Waals surface area contributed by atoms with E-state index in [2.05, 4.69) is 6.92 Å². The summed E-state index contributed by atoms with van der Waals surface area (Å²) in [6, 6.07) is 3.64. The average molecular weight is 322 g/mol. The highest BCUT2D eigenvalue weighted by Crippen LogP contribution is 2.38. The molecule has 1 fully saturated rings. The molecule has 2 heterocycles. The van der Waals surface area contributed by atoms with Gasteiger partial charge in [-0.15, -0.1) is 0 Å². The minimum absolute atomic E-state index is 0.0536. The summed E-state index contributed by atoms with van der Waals surface area (Å²) >= 11 is 6.19. The second-order valence-corrected chi connectivity index (χ2v) is 6.28. The fourth-order valence-electron chi connectivity index (χ4n) is 2.73. The number of ether oxygens (including phenoxy) is 2. The van der Waals surface area contributed by atoms with Crippen LogP contribution in [0.5, 0.6) is 11.5 Å². The molecule has 1 aromatic carbocycles. The zero-order valence-electron chi connectivity index (χ0n) is 12.7. The van der Waals surface area contributed by atoms with Crippen LogP contribution in [0.15, 0.2) is 18.2 Å². The van der Waals surface area contributed by atoms with Gasteiger partial charge in [0.2, 0.25) is 5.91 Å². The first-order valence-corrected chi connectivity index (χ1v) is 8.07. The SMILES string of the molecule is CC1CCN(C(=O)C=Cc2cc(Cl)c3c(c2)OCCO3)CC1. The molecule has 0 unspecified atom stereocenters. The molecule has 0 aliphatic carbocycles. The lowest BCUT2D eigenvalue weighted by molar-refractivity contribution is -0.127. The van der Waals surface area contributed by atoms with Crippen LogP contribution in [0.4, 0.5) is 0 Å². The summed E-state index contributed by atoms with van der Waals surface area (Å²) in [5.41, 5.74) is 0.841. The number of fused-ring (bicyclic) bond motifs is 1. The predicted octanol–water partition coefficient (Wildman–Crippen LogP) is 3.38. The zero-order valence-corrected chi connectivity index (χ0v) is 13.4. The van der Waals surface area contributed by atoms with Gasteiger partial charge in [0.1, 0.15) is 13.2 Å². The van der Waals surface area contributed by atoms with E-state index in [0.717, 1.165) is 31.5 Å². The number of nitrogens with zero attached hydrogens (tertiary/aromatic N) is 1. The number of likely N-dealkylation sites (tertiary alicyclic amines) is 1. The Labute approximate surface area is 135 Å². The zero-order chi connectivity index (χ0) is 15.5. The van der Waals surface area contributed by atoms with Crippen LogP contribution < -0.4 is 9.47 Å². The highest BCUT2D eigenvalue weighted by Gasteiger charge is 2.19. The molecule has 0 aromatic heterocycles. The molecular formula is C17H20ClNO3. The molecule has 22 heavy (non-hydrogen) atoms. The number of rotatable bonds is 2. The van der Waals surface area contributed by atoms with Crippen molar-refractivity contribution in [3.05, 3.63) is 28.8 Å². The van der Waals surface area contributed by atoms with Gasteiger partial charge in [0.25, 0.3) is 0 Å². The summed E-state index contributed by atoms with van der Waals surface area (Å²) in [5.74, 6) is 1.99. The molecule has 2 aliphatic rings. The van der Waals surface area contributed by atoms with Gasteiger partial charge in [-0.25, -0.2) is 0 Å². The van der Waals surface area contributed by atoms with Crippen molar-refractivity contribution in [2.24, 2.45) is 5.92 Å². The van der Waals surface area contributed by atoms with Crippen molar-refractivity contribution in [3.63, 3.8) is 0 Å². The molecule has 1 amide bonds. The maximum Gasteiger partial charge on any atom is 0.246 e. The lowest BCUT2D eigenvalue weighted by atomic mass is 9.99. The number of hydrogen-bond donors (Lipinski definition) is 0. The highest BCUT2D eigenvalue weighted by atomic mass is 35.5. The summed E-state index contributed by atoms with van der Waals surface area (Å²) in [7, 11) is 0. The number of piperidine rings is 1. The van der Waals surface area contributed by atoms with Gasteiger partial charge in [0, 0.05) is 19.2 Å². The molecular weight excluding hydrogens is 302 g/mol. The van der Waals surface area contributed by atoms with Gasteiger partial charge in [-0.2, -0.15) is 0 Å². The van der Waals surface area contributed by atoms with E-state index in [0.29, 0.717) is 35.7 Å². The van der Waals surface area contributed by atoms with Gasteiger partial charge >= 0.3 is 0 Å². The number of amides is 1. The van der Waals surface area contributed by atoms with Crippen molar-refractivity contribution >= 4 is 23.6 Å². The normalized spacial score (nSPS) is 18.7. The van der Waals surface area contributed by atoms with Crippen molar-refractivity contribution < 1.29 is 14.3 Å². The molecule has 3 rings (SSSR count). The fourth-order valence-corrected chi connectivity index (χ4v) is 3.00. The van der Waals surface area contributed by atoms with E-state index < -0.39 is 0 Å². The third-order valence-corrected chi connectivity index (χ3v) is 4.41. The lowest BCUT2D eigenvalue weighted by Gasteiger charge is -2.29. The molecule has 0 bridgehead atoms. The first-order valence-electron chi connectivity index (χ1n) is 7.69. The number of carbonyl (C=O) groups is 1. The van der Waals surface area contributed by atoms with Gasteiger partial charge in [0.05, 0.1) is 5.02 Å². The van der Waals surface area contributed by atoms with E-state index in [9.17, 15) is 4.79 Å². The molecule has 0 radical (unpaired) electrons. The van der Waals surface area contributed by atoms with Crippen LogP contribution in [-0.2, 0) is 4.79 Å². The summed E-state index contributed by atoms with van der Waals surface area (Å²) in [5, 5.41) is 0.510. The van der Waals surface area contributed by atoms with Crippen molar-refractivity contribution in [3.8, 4) is 11.5 Å². The smallest absolute Gasteiger partial charge is 0.246 e. The van der Waals surface area contributed by atoms with Crippen LogP contribution in [0.1, 0.15) is 25.3 Å². The highest BCUT2D eigenvalue weighted by molar-refractivity contribution is 6.32. The van der Waals surface area contributed by atoms with Gasteiger partial charge in [-0.1, -0.05) is 18.5 Å². The lowest BCUT2D eigenvalue weighted by Crippen LogP contribution is -2.36. The summed E-state index contributed by atoms with van der Waals surface area (Å²) < 4.78 is 11.0. The fraction of sp³-hybridized carbons (Fsp3) is 0.471. The molecule has 0 spiro atoms. The van der Waals surface area contributed by atoms with Crippen LogP contribution in [-0.4, -0.2) is 37.1 Å². The maximum atomic E-state index is 12.2. The number of halogens is 1. The topological polar surface area (TPSA) is 38.8 Å². The van der Waals surface area contributed by atoms with Crippen LogP contribution in [0.25, 0.3) is 6.08 Å².